The molecule has 0 atom stereocenters. The SMILES string of the molecule is COc1cc(CC(=O)N2CC(C)(NC(=O)NC(CC(=O)O)CC(=O)O)C2)ccc1NC(=O)Nc1ccccc1C. The number of hydrogen-bond acceptors (Lipinski definition) is 6. The van der Waals surface area contributed by atoms with Crippen molar-refractivity contribution in [1.82, 2.24) is 15.5 Å². The molecule has 1 fully saturated rings. The Morgan fingerprint density at radius 1 is 0.950 bits per heavy atom. The van der Waals surface area contributed by atoms with E-state index in [-0.39, 0.29) is 25.4 Å². The molecule has 0 radical (unpaired) electrons. The molecular formula is C27H33N5O8. The number of carboxylic acid groups (broad SMARTS) is 2. The standard InChI is InChI=1S/C27H33N5O8/c1-16-6-4-5-7-19(16)29-25(38)30-20-9-8-17(10-21(20)40-3)11-22(33)32-14-27(2,15-32)31-26(39)28-18(12-23(34)35)13-24(36)37/h4-10,18H,11-15H2,1-3H3,(H,34,35)(H,36,37)(H2,28,31,39)(H2,29,30,38). The van der Waals surface area contributed by atoms with Gasteiger partial charge in [0.25, 0.3) is 0 Å². The maximum Gasteiger partial charge on any atom is 0.323 e. The van der Waals surface area contributed by atoms with Crippen LogP contribution in [0.25, 0.3) is 0 Å². The number of ether oxygens (including phenoxy) is 1. The number of rotatable bonds is 11. The van der Waals surface area contributed by atoms with E-state index in [0.717, 1.165) is 5.56 Å². The fraction of sp³-hybridized carbons (Fsp3) is 0.370. The maximum atomic E-state index is 12.8. The minimum absolute atomic E-state index is 0.0631. The van der Waals surface area contributed by atoms with Crippen molar-refractivity contribution in [3.05, 3.63) is 53.6 Å². The highest BCUT2D eigenvalue weighted by atomic mass is 16.5. The number of benzene rings is 2. The normalized spacial score (nSPS) is 13.6. The quantitative estimate of drug-likeness (QED) is 0.244. The topological polar surface area (TPSA) is 186 Å². The molecule has 1 saturated heterocycles. The summed E-state index contributed by atoms with van der Waals surface area (Å²) in [7, 11) is 1.46. The van der Waals surface area contributed by atoms with Gasteiger partial charge in [0.2, 0.25) is 5.91 Å². The van der Waals surface area contributed by atoms with Gasteiger partial charge >= 0.3 is 24.0 Å². The smallest absolute Gasteiger partial charge is 0.323 e. The molecule has 3 rings (SSSR count). The second kappa shape index (κ2) is 12.8. The molecule has 2 aromatic carbocycles. The molecule has 13 nitrogen and oxygen atoms in total. The highest BCUT2D eigenvalue weighted by molar-refractivity contribution is 6.01. The summed E-state index contributed by atoms with van der Waals surface area (Å²) in [5.74, 6) is -2.27. The van der Waals surface area contributed by atoms with E-state index in [1.807, 2.05) is 25.1 Å². The molecule has 0 aromatic heterocycles. The Bertz CT molecular complexity index is 1280. The number of methoxy groups -OCH3 is 1. The van der Waals surface area contributed by atoms with Gasteiger partial charge in [0.05, 0.1) is 43.6 Å². The number of hydrogen-bond donors (Lipinski definition) is 6. The number of aryl methyl sites for hydroxylation is 1. The number of urea groups is 2. The summed E-state index contributed by atoms with van der Waals surface area (Å²) in [6, 6.07) is 10.2. The van der Waals surface area contributed by atoms with Crippen molar-refractivity contribution in [3.8, 4) is 5.75 Å². The van der Waals surface area contributed by atoms with Crippen LogP contribution >= 0.6 is 0 Å². The molecule has 0 aliphatic carbocycles. The molecule has 2 aromatic rings. The minimum atomic E-state index is -1.23. The van der Waals surface area contributed by atoms with Crippen LogP contribution in [-0.2, 0) is 20.8 Å². The Morgan fingerprint density at radius 2 is 1.57 bits per heavy atom. The molecule has 0 unspecified atom stereocenters. The van der Waals surface area contributed by atoms with E-state index in [2.05, 4.69) is 21.3 Å². The predicted octanol–water partition coefficient (Wildman–Crippen LogP) is 2.41. The summed E-state index contributed by atoms with van der Waals surface area (Å²) in [5.41, 5.74) is 1.93. The molecule has 214 valence electrons. The van der Waals surface area contributed by atoms with E-state index in [1.54, 1.807) is 36.1 Å². The number of carbonyl (C=O) groups is 5. The number of nitrogens with zero attached hydrogens (tertiary/aromatic N) is 1. The molecule has 0 spiro atoms. The Balaban J connectivity index is 1.52. The highest BCUT2D eigenvalue weighted by Gasteiger charge is 2.42. The van der Waals surface area contributed by atoms with Gasteiger partial charge in [0.15, 0.2) is 0 Å². The number of amides is 5. The van der Waals surface area contributed by atoms with E-state index in [0.29, 0.717) is 22.7 Å². The number of aliphatic carboxylic acids is 2. The second-order valence-electron chi connectivity index (χ2n) is 9.91. The van der Waals surface area contributed by atoms with Gasteiger partial charge in [-0.05, 0) is 43.2 Å². The molecule has 0 bridgehead atoms. The van der Waals surface area contributed by atoms with Crippen molar-refractivity contribution < 1.29 is 38.9 Å². The van der Waals surface area contributed by atoms with Crippen LogP contribution in [-0.4, -0.2) is 76.8 Å². The van der Waals surface area contributed by atoms with Crippen LogP contribution in [0.2, 0.25) is 0 Å². The molecule has 6 N–H and O–H groups in total. The molecule has 40 heavy (non-hydrogen) atoms. The third-order valence-electron chi connectivity index (χ3n) is 6.29. The first-order valence-electron chi connectivity index (χ1n) is 12.5. The lowest BCUT2D eigenvalue weighted by atomic mass is 9.91. The summed E-state index contributed by atoms with van der Waals surface area (Å²) in [4.78, 5) is 61.1. The number of para-hydroxylation sites is 1. The van der Waals surface area contributed by atoms with Gasteiger partial charge in [-0.25, -0.2) is 9.59 Å². The van der Waals surface area contributed by atoms with Gasteiger partial charge in [-0.1, -0.05) is 24.3 Å². The average Bonchev–Trinajstić information content (AvgIpc) is 2.83. The molecule has 13 heteroatoms. The van der Waals surface area contributed by atoms with Crippen molar-refractivity contribution in [2.75, 3.05) is 30.8 Å². The Morgan fingerprint density at radius 3 is 2.17 bits per heavy atom. The molecule has 1 aliphatic heterocycles. The first-order chi connectivity index (χ1) is 18.9. The highest BCUT2D eigenvalue weighted by Crippen LogP contribution is 2.28. The van der Waals surface area contributed by atoms with Crippen LogP contribution in [0.4, 0.5) is 21.0 Å². The largest absolute Gasteiger partial charge is 0.495 e. The third-order valence-corrected chi connectivity index (χ3v) is 6.29. The molecule has 1 aliphatic rings. The van der Waals surface area contributed by atoms with E-state index in [4.69, 9.17) is 14.9 Å². The first kappa shape index (κ1) is 29.7. The summed E-state index contributed by atoms with van der Waals surface area (Å²) < 4.78 is 5.40. The van der Waals surface area contributed by atoms with Crippen LogP contribution in [0.3, 0.4) is 0 Å². The molecule has 1 heterocycles. The van der Waals surface area contributed by atoms with E-state index >= 15 is 0 Å². The van der Waals surface area contributed by atoms with E-state index in [9.17, 15) is 24.0 Å². The number of anilines is 2. The Kier molecular flexibility index (Phi) is 9.54. The van der Waals surface area contributed by atoms with Crippen LogP contribution < -0.4 is 26.0 Å². The van der Waals surface area contributed by atoms with Crippen molar-refractivity contribution in [2.24, 2.45) is 0 Å². The zero-order valence-electron chi connectivity index (χ0n) is 22.4. The van der Waals surface area contributed by atoms with E-state index < -0.39 is 48.4 Å². The van der Waals surface area contributed by atoms with Gasteiger partial charge < -0.3 is 41.1 Å². The number of carboxylic acids is 2. The van der Waals surface area contributed by atoms with Gasteiger partial charge in [0.1, 0.15) is 5.75 Å². The summed E-state index contributed by atoms with van der Waals surface area (Å²) >= 11 is 0. The lowest BCUT2D eigenvalue weighted by Gasteiger charge is -2.48. The fourth-order valence-electron chi connectivity index (χ4n) is 4.37. The molecule has 0 saturated carbocycles. The summed E-state index contributed by atoms with van der Waals surface area (Å²) in [6.45, 7) is 4.05. The zero-order chi connectivity index (χ0) is 29.4. The number of likely N-dealkylation sites (tertiary alicyclic amines) is 1. The molecule has 5 amide bonds. The third kappa shape index (κ3) is 8.35. The zero-order valence-corrected chi connectivity index (χ0v) is 22.4. The van der Waals surface area contributed by atoms with Gasteiger partial charge in [-0.15, -0.1) is 0 Å². The van der Waals surface area contributed by atoms with Crippen LogP contribution in [0, 0.1) is 6.92 Å². The summed E-state index contributed by atoms with van der Waals surface area (Å²) in [5, 5.41) is 28.4. The van der Waals surface area contributed by atoms with Crippen molar-refractivity contribution >= 4 is 41.3 Å². The lowest BCUT2D eigenvalue weighted by molar-refractivity contribution is -0.140. The molecular weight excluding hydrogens is 522 g/mol. The maximum absolute atomic E-state index is 12.8. The first-order valence-corrected chi connectivity index (χ1v) is 12.5. The Hall–Kier alpha value is -4.81. The lowest BCUT2D eigenvalue weighted by Crippen LogP contribution is -2.71. The van der Waals surface area contributed by atoms with Crippen LogP contribution in [0.5, 0.6) is 5.75 Å². The second-order valence-corrected chi connectivity index (χ2v) is 9.91. The average molecular weight is 556 g/mol. The van der Waals surface area contributed by atoms with Crippen molar-refractivity contribution in [1.29, 1.82) is 0 Å². The number of carbonyl (C=O) groups excluding carboxylic acids is 3. The summed E-state index contributed by atoms with van der Waals surface area (Å²) in [6.07, 6.45) is -1.00. The van der Waals surface area contributed by atoms with Crippen LogP contribution in [0.1, 0.15) is 30.9 Å². The fourth-order valence-corrected chi connectivity index (χ4v) is 4.37. The van der Waals surface area contributed by atoms with Crippen LogP contribution in [0.15, 0.2) is 42.5 Å². The van der Waals surface area contributed by atoms with Crippen molar-refractivity contribution in [2.45, 2.75) is 44.7 Å². The van der Waals surface area contributed by atoms with Gasteiger partial charge in [-0.3, -0.25) is 14.4 Å². The van der Waals surface area contributed by atoms with Gasteiger partial charge in [-0.2, -0.15) is 0 Å². The van der Waals surface area contributed by atoms with Crippen molar-refractivity contribution in [3.63, 3.8) is 0 Å². The van der Waals surface area contributed by atoms with E-state index in [1.165, 1.54) is 7.11 Å². The predicted molar refractivity (Wildman–Crippen MR) is 145 cm³/mol. The number of nitrogens with one attached hydrogen (secondary N) is 4. The monoisotopic (exact) mass is 555 g/mol. The Labute approximate surface area is 230 Å². The minimum Gasteiger partial charge on any atom is -0.495 e. The van der Waals surface area contributed by atoms with Gasteiger partial charge in [0, 0.05) is 18.8 Å².